The van der Waals surface area contributed by atoms with Crippen molar-refractivity contribution in [1.29, 1.82) is 0 Å². The molecule has 1 saturated carbocycles. The summed E-state index contributed by atoms with van der Waals surface area (Å²) in [6.07, 6.45) is 4.16. The maximum atomic E-state index is 12.9. The van der Waals surface area contributed by atoms with Crippen LogP contribution in [0.5, 0.6) is 0 Å². The van der Waals surface area contributed by atoms with Crippen molar-refractivity contribution in [2.75, 3.05) is 7.05 Å². The zero-order chi connectivity index (χ0) is 18.8. The van der Waals surface area contributed by atoms with Crippen LogP contribution in [0.15, 0.2) is 30.3 Å². The molecule has 5 heteroatoms. The van der Waals surface area contributed by atoms with Gasteiger partial charge in [-0.25, -0.2) is 4.68 Å². The Morgan fingerprint density at radius 3 is 2.31 bits per heavy atom. The number of para-hydroxylation sites is 1. The first-order valence-corrected chi connectivity index (χ1v) is 9.33. The minimum atomic E-state index is -0.455. The number of benzene rings is 1. The van der Waals surface area contributed by atoms with Crippen molar-refractivity contribution in [2.45, 2.75) is 52.5 Å². The summed E-state index contributed by atoms with van der Waals surface area (Å²) in [6, 6.07) is 9.82. The van der Waals surface area contributed by atoms with Gasteiger partial charge in [-0.3, -0.25) is 9.59 Å². The van der Waals surface area contributed by atoms with Crippen molar-refractivity contribution in [1.82, 2.24) is 14.7 Å². The van der Waals surface area contributed by atoms with Crippen molar-refractivity contribution in [3.05, 3.63) is 47.3 Å². The van der Waals surface area contributed by atoms with Gasteiger partial charge < -0.3 is 4.90 Å². The number of hydrogen-bond acceptors (Lipinski definition) is 3. The minimum Gasteiger partial charge on any atom is -0.336 e. The van der Waals surface area contributed by atoms with Crippen LogP contribution < -0.4 is 0 Å². The van der Waals surface area contributed by atoms with Crippen molar-refractivity contribution in [2.24, 2.45) is 5.92 Å². The number of hydrogen-bond donors (Lipinski definition) is 0. The molecule has 1 aliphatic rings. The number of rotatable bonds is 4. The van der Waals surface area contributed by atoms with Crippen LogP contribution in [0.25, 0.3) is 5.69 Å². The minimum absolute atomic E-state index is 0.160. The third-order valence-corrected chi connectivity index (χ3v) is 5.57. The molecule has 5 nitrogen and oxygen atoms in total. The Morgan fingerprint density at radius 1 is 1.08 bits per heavy atom. The summed E-state index contributed by atoms with van der Waals surface area (Å²) in [4.78, 5) is 27.4. The van der Waals surface area contributed by atoms with E-state index in [4.69, 9.17) is 0 Å². The predicted molar refractivity (Wildman–Crippen MR) is 102 cm³/mol. The second-order valence-corrected chi connectivity index (χ2v) is 7.45. The molecule has 1 fully saturated rings. The van der Waals surface area contributed by atoms with Gasteiger partial charge in [0.2, 0.25) is 0 Å². The molecule has 0 bridgehead atoms. The van der Waals surface area contributed by atoms with E-state index in [1.165, 1.54) is 0 Å². The van der Waals surface area contributed by atoms with Crippen LogP contribution in [-0.4, -0.2) is 39.5 Å². The highest BCUT2D eigenvalue weighted by Gasteiger charge is 2.31. The maximum absolute atomic E-state index is 12.9. The second-order valence-electron chi connectivity index (χ2n) is 7.45. The van der Waals surface area contributed by atoms with Crippen molar-refractivity contribution >= 4 is 11.7 Å². The molecule has 0 saturated heterocycles. The van der Waals surface area contributed by atoms with Crippen LogP contribution in [0.3, 0.4) is 0 Å². The number of nitrogens with zero attached hydrogens (tertiary/aromatic N) is 3. The Balaban J connectivity index is 1.83. The Morgan fingerprint density at radius 2 is 1.69 bits per heavy atom. The van der Waals surface area contributed by atoms with Crippen LogP contribution in [0.4, 0.5) is 0 Å². The van der Waals surface area contributed by atoms with Gasteiger partial charge in [-0.05, 0) is 57.6 Å². The molecule has 1 aliphatic carbocycles. The Hall–Kier alpha value is -2.43. The molecule has 1 aromatic carbocycles. The van der Waals surface area contributed by atoms with Gasteiger partial charge in [-0.15, -0.1) is 0 Å². The van der Waals surface area contributed by atoms with Gasteiger partial charge in [0.25, 0.3) is 11.7 Å². The summed E-state index contributed by atoms with van der Waals surface area (Å²) < 4.78 is 1.73. The van der Waals surface area contributed by atoms with E-state index in [0.717, 1.165) is 31.4 Å². The summed E-state index contributed by atoms with van der Waals surface area (Å²) in [5.41, 5.74) is 2.61. The zero-order valence-corrected chi connectivity index (χ0v) is 16.0. The van der Waals surface area contributed by atoms with E-state index in [1.54, 1.807) is 23.6 Å². The average Bonchev–Trinajstić information content (AvgIpc) is 2.95. The Kier molecular flexibility index (Phi) is 5.25. The van der Waals surface area contributed by atoms with Crippen molar-refractivity contribution in [3.8, 4) is 5.69 Å². The number of aromatic nitrogens is 2. The first-order valence-electron chi connectivity index (χ1n) is 9.33. The summed E-state index contributed by atoms with van der Waals surface area (Å²) in [7, 11) is 1.76. The van der Waals surface area contributed by atoms with Gasteiger partial charge >= 0.3 is 0 Å². The average molecular weight is 353 g/mol. The largest absolute Gasteiger partial charge is 0.336 e. The fourth-order valence-corrected chi connectivity index (χ4v) is 3.85. The van der Waals surface area contributed by atoms with E-state index in [9.17, 15) is 9.59 Å². The number of aryl methyl sites for hydroxylation is 1. The first-order chi connectivity index (χ1) is 12.4. The van der Waals surface area contributed by atoms with Crippen LogP contribution >= 0.6 is 0 Å². The molecular formula is C21H27N3O2. The molecular weight excluding hydrogens is 326 g/mol. The molecule has 1 heterocycles. The van der Waals surface area contributed by atoms with Crippen LogP contribution in [0.2, 0.25) is 0 Å². The lowest BCUT2D eigenvalue weighted by Crippen LogP contribution is -2.43. The van der Waals surface area contributed by atoms with E-state index in [1.807, 2.05) is 37.3 Å². The van der Waals surface area contributed by atoms with E-state index in [2.05, 4.69) is 12.0 Å². The van der Waals surface area contributed by atoms with E-state index in [0.29, 0.717) is 22.9 Å². The van der Waals surface area contributed by atoms with Gasteiger partial charge in [0.05, 0.1) is 22.6 Å². The van der Waals surface area contributed by atoms with Gasteiger partial charge in [0.15, 0.2) is 0 Å². The molecule has 2 aromatic rings. The standard InChI is InChI=1S/C21H27N3O2/c1-14-10-12-17(13-11-14)23(4)21(26)20(25)19-15(2)22-24(16(19)3)18-8-6-5-7-9-18/h5-9,14,17H,10-13H2,1-4H3. The van der Waals surface area contributed by atoms with Gasteiger partial charge in [-0.1, -0.05) is 25.1 Å². The van der Waals surface area contributed by atoms with Crippen LogP contribution in [0.1, 0.15) is 54.4 Å². The third kappa shape index (κ3) is 3.43. The number of Topliss-reactive ketones (excluding diaryl/α,β-unsaturated/α-hetero) is 1. The summed E-state index contributed by atoms with van der Waals surface area (Å²) in [6.45, 7) is 5.87. The summed E-state index contributed by atoms with van der Waals surface area (Å²) in [5.74, 6) is -0.175. The monoisotopic (exact) mass is 353 g/mol. The predicted octanol–water partition coefficient (Wildman–Crippen LogP) is 3.71. The molecule has 1 aromatic heterocycles. The molecule has 3 rings (SSSR count). The van der Waals surface area contributed by atoms with Crippen molar-refractivity contribution in [3.63, 3.8) is 0 Å². The van der Waals surface area contributed by atoms with Gasteiger partial charge in [0, 0.05) is 13.1 Å². The second kappa shape index (κ2) is 7.44. The fourth-order valence-electron chi connectivity index (χ4n) is 3.85. The fraction of sp³-hybridized carbons (Fsp3) is 0.476. The number of ketones is 1. The lowest BCUT2D eigenvalue weighted by atomic mass is 9.86. The highest BCUT2D eigenvalue weighted by molar-refractivity contribution is 6.43. The highest BCUT2D eigenvalue weighted by atomic mass is 16.2. The Bertz CT molecular complexity index is 802. The molecule has 0 atom stereocenters. The van der Waals surface area contributed by atoms with E-state index >= 15 is 0 Å². The normalized spacial score (nSPS) is 20.0. The lowest BCUT2D eigenvalue weighted by Gasteiger charge is -2.33. The highest BCUT2D eigenvalue weighted by Crippen LogP contribution is 2.27. The number of likely N-dealkylation sites (N-methyl/N-ethyl adjacent to an activating group) is 1. The molecule has 26 heavy (non-hydrogen) atoms. The molecule has 0 aliphatic heterocycles. The third-order valence-electron chi connectivity index (χ3n) is 5.57. The number of carbonyl (C=O) groups is 2. The molecule has 138 valence electrons. The van der Waals surface area contributed by atoms with E-state index in [-0.39, 0.29) is 6.04 Å². The zero-order valence-electron chi connectivity index (χ0n) is 16.0. The van der Waals surface area contributed by atoms with Gasteiger partial charge in [0.1, 0.15) is 0 Å². The quantitative estimate of drug-likeness (QED) is 0.622. The first kappa shape index (κ1) is 18.4. The molecule has 0 radical (unpaired) electrons. The number of amides is 1. The van der Waals surface area contributed by atoms with E-state index < -0.39 is 11.7 Å². The SMILES string of the molecule is Cc1nn(-c2ccccc2)c(C)c1C(=O)C(=O)N(C)C1CCC(C)CC1. The van der Waals surface area contributed by atoms with Crippen LogP contribution in [-0.2, 0) is 4.79 Å². The number of carbonyl (C=O) groups excluding carboxylic acids is 2. The summed E-state index contributed by atoms with van der Waals surface area (Å²) >= 11 is 0. The van der Waals surface area contributed by atoms with Gasteiger partial charge in [-0.2, -0.15) is 5.10 Å². The lowest BCUT2D eigenvalue weighted by molar-refractivity contribution is -0.127. The van der Waals surface area contributed by atoms with Crippen molar-refractivity contribution < 1.29 is 9.59 Å². The topological polar surface area (TPSA) is 55.2 Å². The summed E-state index contributed by atoms with van der Waals surface area (Å²) in [5, 5.41) is 4.49. The molecule has 1 amide bonds. The smallest absolute Gasteiger partial charge is 0.295 e. The molecule has 0 N–H and O–H groups in total. The maximum Gasteiger partial charge on any atom is 0.295 e. The van der Waals surface area contributed by atoms with Crippen LogP contribution in [0, 0.1) is 19.8 Å². The molecule has 0 spiro atoms. The molecule has 0 unspecified atom stereocenters. The Labute approximate surface area is 155 Å².